The maximum atomic E-state index is 4.44. The van der Waals surface area contributed by atoms with Crippen LogP contribution in [0.4, 0.5) is 5.82 Å². The number of anilines is 1. The van der Waals surface area contributed by atoms with Gasteiger partial charge in [0.2, 0.25) is 0 Å². The van der Waals surface area contributed by atoms with Crippen LogP contribution < -0.4 is 10.2 Å². The average molecular weight is 262 g/mol. The summed E-state index contributed by atoms with van der Waals surface area (Å²) in [7, 11) is 0. The van der Waals surface area contributed by atoms with Crippen molar-refractivity contribution in [2.75, 3.05) is 24.5 Å². The molecule has 1 fully saturated rings. The van der Waals surface area contributed by atoms with Gasteiger partial charge in [0, 0.05) is 30.9 Å². The highest BCUT2D eigenvalue weighted by atomic mass is 15.2. The number of piperidine rings is 1. The molecule has 1 unspecified atom stereocenters. The Morgan fingerprint density at radius 1 is 1.42 bits per heavy atom. The van der Waals surface area contributed by atoms with Gasteiger partial charge in [-0.3, -0.25) is 0 Å². The first-order valence-corrected chi connectivity index (χ1v) is 7.48. The van der Waals surface area contributed by atoms with Crippen LogP contribution in [0.5, 0.6) is 0 Å². The zero-order valence-electron chi connectivity index (χ0n) is 12.4. The van der Waals surface area contributed by atoms with Crippen molar-refractivity contribution in [3.63, 3.8) is 0 Å². The topological polar surface area (TPSA) is 41.0 Å². The van der Waals surface area contributed by atoms with Gasteiger partial charge in [0.05, 0.1) is 0 Å². The Kier molecular flexibility index (Phi) is 5.14. The second-order valence-corrected chi connectivity index (χ2v) is 5.74. The smallest absolute Gasteiger partial charge is 0.132 e. The van der Waals surface area contributed by atoms with Crippen molar-refractivity contribution in [2.45, 2.75) is 46.1 Å². The SMILES string of the molecule is CCc1cc(N2CCCC(CNC(C)C)C2)ncn1. The number of aryl methyl sites for hydroxylation is 1. The normalized spacial score (nSPS) is 20.0. The molecular formula is C15H26N4. The first kappa shape index (κ1) is 14.3. The highest BCUT2D eigenvalue weighted by molar-refractivity contribution is 5.39. The van der Waals surface area contributed by atoms with E-state index in [1.165, 1.54) is 12.8 Å². The first-order chi connectivity index (χ1) is 9.19. The van der Waals surface area contributed by atoms with Gasteiger partial charge in [0.1, 0.15) is 12.1 Å². The van der Waals surface area contributed by atoms with Crippen molar-refractivity contribution in [3.8, 4) is 0 Å². The minimum Gasteiger partial charge on any atom is -0.356 e. The molecule has 1 atom stereocenters. The lowest BCUT2D eigenvalue weighted by Crippen LogP contribution is -2.41. The van der Waals surface area contributed by atoms with Gasteiger partial charge < -0.3 is 10.2 Å². The molecule has 0 bridgehead atoms. The minimum absolute atomic E-state index is 0.570. The molecule has 0 saturated carbocycles. The van der Waals surface area contributed by atoms with Crippen LogP contribution >= 0.6 is 0 Å². The fourth-order valence-electron chi connectivity index (χ4n) is 2.59. The molecule has 1 aliphatic rings. The van der Waals surface area contributed by atoms with E-state index in [9.17, 15) is 0 Å². The van der Waals surface area contributed by atoms with Crippen LogP contribution in [0.25, 0.3) is 0 Å². The van der Waals surface area contributed by atoms with Crippen molar-refractivity contribution in [1.29, 1.82) is 0 Å². The Balaban J connectivity index is 1.96. The maximum absolute atomic E-state index is 4.44. The van der Waals surface area contributed by atoms with Crippen LogP contribution in [0.2, 0.25) is 0 Å². The molecule has 0 aliphatic carbocycles. The van der Waals surface area contributed by atoms with Gasteiger partial charge in [0.25, 0.3) is 0 Å². The fraction of sp³-hybridized carbons (Fsp3) is 0.733. The molecule has 2 heterocycles. The van der Waals surface area contributed by atoms with Crippen LogP contribution in [-0.2, 0) is 6.42 Å². The van der Waals surface area contributed by atoms with E-state index in [0.29, 0.717) is 6.04 Å². The summed E-state index contributed by atoms with van der Waals surface area (Å²) in [5, 5.41) is 3.55. The third-order valence-electron chi connectivity index (χ3n) is 3.73. The Morgan fingerprint density at radius 2 is 2.26 bits per heavy atom. The van der Waals surface area contributed by atoms with Gasteiger partial charge in [0.15, 0.2) is 0 Å². The van der Waals surface area contributed by atoms with Gasteiger partial charge in [-0.2, -0.15) is 0 Å². The lowest BCUT2D eigenvalue weighted by Gasteiger charge is -2.34. The molecule has 1 aromatic rings. The Bertz CT molecular complexity index is 391. The van der Waals surface area contributed by atoms with Gasteiger partial charge >= 0.3 is 0 Å². The van der Waals surface area contributed by atoms with Crippen molar-refractivity contribution in [2.24, 2.45) is 5.92 Å². The Labute approximate surface area is 116 Å². The predicted octanol–water partition coefficient (Wildman–Crippen LogP) is 2.25. The van der Waals surface area contributed by atoms with E-state index >= 15 is 0 Å². The third kappa shape index (κ3) is 4.16. The minimum atomic E-state index is 0.570. The Hall–Kier alpha value is -1.16. The third-order valence-corrected chi connectivity index (χ3v) is 3.73. The first-order valence-electron chi connectivity index (χ1n) is 7.48. The van der Waals surface area contributed by atoms with Gasteiger partial charge in [-0.25, -0.2) is 9.97 Å². The van der Waals surface area contributed by atoms with E-state index < -0.39 is 0 Å². The maximum Gasteiger partial charge on any atom is 0.132 e. The summed E-state index contributed by atoms with van der Waals surface area (Å²) in [5.74, 6) is 1.83. The van der Waals surface area contributed by atoms with Crippen LogP contribution in [0.1, 0.15) is 39.3 Å². The van der Waals surface area contributed by atoms with Crippen LogP contribution in [0, 0.1) is 5.92 Å². The zero-order valence-corrected chi connectivity index (χ0v) is 12.4. The number of hydrogen-bond donors (Lipinski definition) is 1. The number of nitrogens with zero attached hydrogens (tertiary/aromatic N) is 3. The molecule has 0 spiro atoms. The molecule has 0 amide bonds. The molecule has 19 heavy (non-hydrogen) atoms. The molecule has 106 valence electrons. The predicted molar refractivity (Wildman–Crippen MR) is 79.5 cm³/mol. The molecule has 0 aromatic carbocycles. The standard InChI is InChI=1S/C15H26N4/c1-4-14-8-15(18-11-17-14)19-7-5-6-13(10-19)9-16-12(2)3/h8,11-13,16H,4-7,9-10H2,1-3H3. The molecule has 1 saturated heterocycles. The van der Waals surface area contributed by atoms with Gasteiger partial charge in [-0.05, 0) is 31.7 Å². The van der Waals surface area contributed by atoms with E-state index in [0.717, 1.165) is 43.5 Å². The summed E-state index contributed by atoms with van der Waals surface area (Å²) in [6.45, 7) is 9.90. The van der Waals surface area contributed by atoms with Gasteiger partial charge in [-0.1, -0.05) is 20.8 Å². The number of nitrogens with one attached hydrogen (secondary N) is 1. The second kappa shape index (κ2) is 6.85. The average Bonchev–Trinajstić information content (AvgIpc) is 2.45. The summed E-state index contributed by atoms with van der Waals surface area (Å²) in [5.41, 5.74) is 1.13. The molecule has 1 aliphatic heterocycles. The van der Waals surface area contributed by atoms with Crippen molar-refractivity contribution >= 4 is 5.82 Å². The number of hydrogen-bond acceptors (Lipinski definition) is 4. The zero-order chi connectivity index (χ0) is 13.7. The lowest BCUT2D eigenvalue weighted by atomic mass is 9.97. The monoisotopic (exact) mass is 262 g/mol. The van der Waals surface area contributed by atoms with Crippen LogP contribution in [-0.4, -0.2) is 35.6 Å². The molecule has 1 aromatic heterocycles. The van der Waals surface area contributed by atoms with E-state index in [-0.39, 0.29) is 0 Å². The fourth-order valence-corrected chi connectivity index (χ4v) is 2.59. The van der Waals surface area contributed by atoms with E-state index in [2.05, 4.69) is 47.0 Å². The van der Waals surface area contributed by atoms with Crippen LogP contribution in [0.3, 0.4) is 0 Å². The number of aromatic nitrogens is 2. The molecule has 4 heteroatoms. The second-order valence-electron chi connectivity index (χ2n) is 5.74. The summed E-state index contributed by atoms with van der Waals surface area (Å²) in [6.07, 6.45) is 5.25. The lowest BCUT2D eigenvalue weighted by molar-refractivity contribution is 0.378. The molecular weight excluding hydrogens is 236 g/mol. The molecule has 0 radical (unpaired) electrons. The summed E-state index contributed by atoms with van der Waals surface area (Å²) in [6, 6.07) is 2.71. The quantitative estimate of drug-likeness (QED) is 0.883. The highest BCUT2D eigenvalue weighted by Crippen LogP contribution is 2.21. The summed E-state index contributed by atoms with van der Waals surface area (Å²) < 4.78 is 0. The largest absolute Gasteiger partial charge is 0.356 e. The van der Waals surface area contributed by atoms with E-state index in [1.54, 1.807) is 6.33 Å². The van der Waals surface area contributed by atoms with Gasteiger partial charge in [-0.15, -0.1) is 0 Å². The molecule has 2 rings (SSSR count). The van der Waals surface area contributed by atoms with Crippen molar-refractivity contribution in [1.82, 2.24) is 15.3 Å². The van der Waals surface area contributed by atoms with E-state index in [4.69, 9.17) is 0 Å². The van der Waals surface area contributed by atoms with Crippen molar-refractivity contribution < 1.29 is 0 Å². The summed E-state index contributed by atoms with van der Waals surface area (Å²) in [4.78, 5) is 11.1. The summed E-state index contributed by atoms with van der Waals surface area (Å²) >= 11 is 0. The Morgan fingerprint density at radius 3 is 3.00 bits per heavy atom. The number of rotatable bonds is 5. The highest BCUT2D eigenvalue weighted by Gasteiger charge is 2.21. The van der Waals surface area contributed by atoms with E-state index in [1.807, 2.05) is 0 Å². The van der Waals surface area contributed by atoms with Crippen molar-refractivity contribution in [3.05, 3.63) is 18.1 Å². The molecule has 4 nitrogen and oxygen atoms in total. The van der Waals surface area contributed by atoms with Crippen LogP contribution in [0.15, 0.2) is 12.4 Å². The molecule has 1 N–H and O–H groups in total.